The van der Waals surface area contributed by atoms with Gasteiger partial charge in [0, 0.05) is 15.6 Å². The summed E-state index contributed by atoms with van der Waals surface area (Å²) in [5.74, 6) is 0.157. The van der Waals surface area contributed by atoms with Crippen LogP contribution >= 0.6 is 23.2 Å². The molecule has 0 aliphatic heterocycles. The Morgan fingerprint density at radius 2 is 1.68 bits per heavy atom. The number of methoxy groups -OCH3 is 1. The van der Waals surface area contributed by atoms with Crippen molar-refractivity contribution in [1.82, 2.24) is 5.32 Å². The van der Waals surface area contributed by atoms with Crippen LogP contribution in [0.3, 0.4) is 0 Å². The number of carbonyl (C=O) groups excluding carboxylic acids is 1. The molecule has 152 valence electrons. The Hall–Kier alpha value is -1.96. The fourth-order valence-corrected chi connectivity index (χ4v) is 4.58. The Balaban J connectivity index is 2.31. The van der Waals surface area contributed by atoms with Crippen LogP contribution in [-0.2, 0) is 14.8 Å². The lowest BCUT2D eigenvalue weighted by Crippen LogP contribution is -2.48. The lowest BCUT2D eigenvalue weighted by Gasteiger charge is -2.29. The molecule has 0 fully saturated rings. The van der Waals surface area contributed by atoms with E-state index in [1.54, 1.807) is 20.1 Å². The Morgan fingerprint density at radius 3 is 2.21 bits per heavy atom. The van der Waals surface area contributed by atoms with E-state index in [1.807, 2.05) is 18.2 Å². The summed E-state index contributed by atoms with van der Waals surface area (Å²) >= 11 is 12.0. The highest BCUT2D eigenvalue weighted by Gasteiger charge is 2.30. The largest absolute Gasteiger partial charge is 0.496 e. The van der Waals surface area contributed by atoms with Crippen LogP contribution in [-0.4, -0.2) is 33.7 Å². The number of hydrogen-bond donors (Lipinski definition) is 1. The van der Waals surface area contributed by atoms with E-state index >= 15 is 0 Å². The highest BCUT2D eigenvalue weighted by molar-refractivity contribution is 7.92. The van der Waals surface area contributed by atoms with Crippen molar-refractivity contribution in [2.24, 2.45) is 0 Å². The summed E-state index contributed by atoms with van der Waals surface area (Å²) in [5, 5.41) is 3.37. The van der Waals surface area contributed by atoms with Gasteiger partial charge in [-0.3, -0.25) is 9.10 Å². The smallest absolute Gasteiger partial charge is 0.244 e. The number of benzene rings is 2. The summed E-state index contributed by atoms with van der Waals surface area (Å²) < 4.78 is 31.1. The maximum atomic E-state index is 12.8. The summed E-state index contributed by atoms with van der Waals surface area (Å²) in [5.41, 5.74) is 0.995. The minimum absolute atomic E-state index is 0.215. The van der Waals surface area contributed by atoms with Gasteiger partial charge in [-0.1, -0.05) is 41.4 Å². The van der Waals surface area contributed by atoms with Crippen LogP contribution in [0.5, 0.6) is 5.75 Å². The minimum atomic E-state index is -3.78. The summed E-state index contributed by atoms with van der Waals surface area (Å²) in [7, 11) is -2.23. The molecule has 9 heteroatoms. The van der Waals surface area contributed by atoms with Gasteiger partial charge in [-0.05, 0) is 38.1 Å². The van der Waals surface area contributed by atoms with Crippen LogP contribution in [0, 0.1) is 0 Å². The van der Waals surface area contributed by atoms with Crippen molar-refractivity contribution in [1.29, 1.82) is 0 Å². The molecule has 0 unspecified atom stereocenters. The first kappa shape index (κ1) is 22.3. The number of halogens is 2. The topological polar surface area (TPSA) is 75.7 Å². The van der Waals surface area contributed by atoms with Crippen molar-refractivity contribution >= 4 is 44.8 Å². The predicted octanol–water partition coefficient (Wildman–Crippen LogP) is 4.03. The molecule has 0 aliphatic carbocycles. The molecule has 2 atom stereocenters. The second kappa shape index (κ2) is 9.03. The van der Waals surface area contributed by atoms with Crippen molar-refractivity contribution in [3.63, 3.8) is 0 Å². The van der Waals surface area contributed by atoms with E-state index in [1.165, 1.54) is 25.1 Å². The van der Waals surface area contributed by atoms with Crippen molar-refractivity contribution in [2.75, 3.05) is 17.7 Å². The molecule has 2 rings (SSSR count). The van der Waals surface area contributed by atoms with Gasteiger partial charge < -0.3 is 10.1 Å². The number of anilines is 1. The van der Waals surface area contributed by atoms with Gasteiger partial charge >= 0.3 is 0 Å². The fraction of sp³-hybridized carbons (Fsp3) is 0.316. The van der Waals surface area contributed by atoms with Crippen molar-refractivity contribution in [2.45, 2.75) is 25.9 Å². The van der Waals surface area contributed by atoms with E-state index in [2.05, 4.69) is 5.32 Å². The molecular formula is C19H22Cl2N2O4S. The summed E-state index contributed by atoms with van der Waals surface area (Å²) in [4.78, 5) is 12.8. The third kappa shape index (κ3) is 5.31. The number of rotatable bonds is 7. The average Bonchev–Trinajstić information content (AvgIpc) is 2.59. The fourth-order valence-electron chi connectivity index (χ4n) is 2.91. The first-order valence-corrected chi connectivity index (χ1v) is 11.0. The third-order valence-corrected chi connectivity index (χ3v) is 5.83. The van der Waals surface area contributed by atoms with Crippen molar-refractivity contribution in [3.05, 3.63) is 58.1 Å². The molecule has 1 amide bonds. The summed E-state index contributed by atoms with van der Waals surface area (Å²) in [6, 6.07) is 10.2. The maximum absolute atomic E-state index is 12.8. The van der Waals surface area contributed by atoms with Gasteiger partial charge in [-0.25, -0.2) is 8.42 Å². The highest BCUT2D eigenvalue weighted by Crippen LogP contribution is 2.29. The van der Waals surface area contributed by atoms with Gasteiger partial charge in [-0.2, -0.15) is 0 Å². The zero-order valence-corrected chi connectivity index (χ0v) is 18.3. The monoisotopic (exact) mass is 444 g/mol. The van der Waals surface area contributed by atoms with E-state index in [0.717, 1.165) is 16.1 Å². The lowest BCUT2D eigenvalue weighted by molar-refractivity contribution is -0.122. The normalized spacial score (nSPS) is 13.5. The summed E-state index contributed by atoms with van der Waals surface area (Å²) in [6.07, 6.45) is 1.02. The molecule has 2 aromatic carbocycles. The van der Waals surface area contributed by atoms with Gasteiger partial charge in [0.25, 0.3) is 0 Å². The van der Waals surface area contributed by atoms with E-state index in [4.69, 9.17) is 27.9 Å². The maximum Gasteiger partial charge on any atom is 0.244 e. The number of hydrogen-bond acceptors (Lipinski definition) is 4. The van der Waals surface area contributed by atoms with Gasteiger partial charge in [0.05, 0.1) is 25.1 Å². The Kier molecular flexibility index (Phi) is 7.20. The number of sulfonamides is 1. The second-order valence-electron chi connectivity index (χ2n) is 6.33. The first-order chi connectivity index (χ1) is 13.0. The third-order valence-electron chi connectivity index (χ3n) is 4.15. The average molecular weight is 445 g/mol. The van der Waals surface area contributed by atoms with E-state index in [0.29, 0.717) is 5.75 Å². The zero-order valence-electron chi connectivity index (χ0n) is 15.9. The number of nitrogens with one attached hydrogen (secondary N) is 1. The molecule has 0 bridgehead atoms. The van der Waals surface area contributed by atoms with Crippen molar-refractivity contribution in [3.8, 4) is 5.75 Å². The molecule has 6 nitrogen and oxygen atoms in total. The van der Waals surface area contributed by atoms with Crippen LogP contribution < -0.4 is 14.4 Å². The SMILES string of the molecule is COc1ccccc1[C@H](C)NC(=O)[C@@H](C)N(c1cc(Cl)cc(Cl)c1)S(C)(=O)=O. The Labute approximate surface area is 175 Å². The molecule has 1 N–H and O–H groups in total. The Bertz CT molecular complexity index is 946. The van der Waals surface area contributed by atoms with Gasteiger partial charge in [0.15, 0.2) is 0 Å². The first-order valence-electron chi connectivity index (χ1n) is 8.43. The standard InChI is InChI=1S/C19H22Cl2N2O4S/c1-12(17-7-5-6-8-18(17)27-3)22-19(24)13(2)23(28(4,25)26)16-10-14(20)9-15(21)11-16/h5-13H,1-4H3,(H,22,24)/t12-,13+/m0/s1. The van der Waals surface area contributed by atoms with Crippen molar-refractivity contribution < 1.29 is 17.9 Å². The number of nitrogens with zero attached hydrogens (tertiary/aromatic N) is 1. The second-order valence-corrected chi connectivity index (χ2v) is 9.07. The van der Waals surface area contributed by atoms with Crippen LogP contribution in [0.25, 0.3) is 0 Å². The molecule has 0 spiro atoms. The molecule has 0 heterocycles. The molecule has 28 heavy (non-hydrogen) atoms. The van der Waals surface area contributed by atoms with Gasteiger partial charge in [-0.15, -0.1) is 0 Å². The van der Waals surface area contributed by atoms with E-state index < -0.39 is 28.0 Å². The molecule has 0 saturated heterocycles. The zero-order chi connectivity index (χ0) is 21.1. The highest BCUT2D eigenvalue weighted by atomic mass is 35.5. The molecule has 0 saturated carbocycles. The number of amides is 1. The quantitative estimate of drug-likeness (QED) is 0.698. The van der Waals surface area contributed by atoms with Gasteiger partial charge in [0.1, 0.15) is 11.8 Å². The predicted molar refractivity (Wildman–Crippen MR) is 113 cm³/mol. The van der Waals surface area contributed by atoms with Gasteiger partial charge in [0.2, 0.25) is 15.9 Å². The minimum Gasteiger partial charge on any atom is -0.496 e. The number of carbonyl (C=O) groups is 1. The molecule has 0 radical (unpaired) electrons. The molecule has 0 aromatic heterocycles. The molecule has 2 aromatic rings. The van der Waals surface area contributed by atoms with Crippen LogP contribution in [0.1, 0.15) is 25.5 Å². The van der Waals surface area contributed by atoms with E-state index in [-0.39, 0.29) is 15.7 Å². The molecule has 0 aliphatic rings. The van der Waals surface area contributed by atoms with Crippen LogP contribution in [0.4, 0.5) is 5.69 Å². The summed E-state index contributed by atoms with van der Waals surface area (Å²) in [6.45, 7) is 3.30. The Morgan fingerprint density at radius 1 is 1.11 bits per heavy atom. The number of ether oxygens (including phenoxy) is 1. The lowest BCUT2D eigenvalue weighted by atomic mass is 10.1. The molecular weight excluding hydrogens is 423 g/mol. The van der Waals surface area contributed by atoms with Crippen LogP contribution in [0.15, 0.2) is 42.5 Å². The number of para-hydroxylation sites is 1. The van der Waals surface area contributed by atoms with E-state index in [9.17, 15) is 13.2 Å². The van der Waals surface area contributed by atoms with Crippen LogP contribution in [0.2, 0.25) is 10.0 Å².